The molecule has 1 aliphatic heterocycles. The van der Waals surface area contributed by atoms with Crippen LogP contribution < -0.4 is 5.32 Å². The lowest BCUT2D eigenvalue weighted by Crippen LogP contribution is -2.43. The number of carbonyl (C=O) groups is 3. The Morgan fingerprint density at radius 2 is 2.23 bits per heavy atom. The summed E-state index contributed by atoms with van der Waals surface area (Å²) < 4.78 is 8.63. The second kappa shape index (κ2) is 3.30. The van der Waals surface area contributed by atoms with Gasteiger partial charge in [0.1, 0.15) is 0 Å². The van der Waals surface area contributed by atoms with E-state index in [4.69, 9.17) is 5.11 Å². The third kappa shape index (κ3) is 1.68. The highest BCUT2D eigenvalue weighted by molar-refractivity contribution is 5.92. The number of hydrogen-bond donors (Lipinski definition) is 2. The molecule has 1 amide bonds. The van der Waals surface area contributed by atoms with Gasteiger partial charge in [-0.15, -0.1) is 0 Å². The molecule has 0 aliphatic carbocycles. The lowest BCUT2D eigenvalue weighted by Gasteiger charge is -2.09. The van der Waals surface area contributed by atoms with Crippen molar-refractivity contribution in [2.24, 2.45) is 0 Å². The normalized spacial score (nSPS) is 26.1. The molecule has 2 N–H and O–H groups in total. The summed E-state index contributed by atoms with van der Waals surface area (Å²) in [5.41, 5.74) is 0. The van der Waals surface area contributed by atoms with Gasteiger partial charge >= 0.3 is 18.0 Å². The van der Waals surface area contributed by atoms with Gasteiger partial charge in [0, 0.05) is 0 Å². The van der Waals surface area contributed by atoms with Crippen molar-refractivity contribution < 1.29 is 29.0 Å². The number of amides is 1. The van der Waals surface area contributed by atoms with Gasteiger partial charge in [-0.2, -0.15) is 0 Å². The quantitative estimate of drug-likeness (QED) is 0.524. The molecule has 0 aromatic carbocycles. The van der Waals surface area contributed by atoms with Gasteiger partial charge in [0.05, 0.1) is 7.11 Å². The molecule has 2 atom stereocenters. The predicted molar refractivity (Wildman–Crippen MR) is 36.8 cm³/mol. The molecule has 0 bridgehead atoms. The highest BCUT2D eigenvalue weighted by Crippen LogP contribution is 2.10. The number of methoxy groups -OCH3 is 1. The van der Waals surface area contributed by atoms with Crippen molar-refractivity contribution in [2.45, 2.75) is 12.1 Å². The monoisotopic (exact) mass is 189 g/mol. The summed E-state index contributed by atoms with van der Waals surface area (Å²) in [6, 6.07) is -1.38. The number of cyclic esters (lactones) is 1. The third-order valence-electron chi connectivity index (χ3n) is 1.51. The molecule has 7 heteroatoms. The minimum atomic E-state index is -1.41. The third-order valence-corrected chi connectivity index (χ3v) is 1.51. The standard InChI is InChI=1S/C6H7NO6/c1-12-5(10)3-2(4(8)9)7-6(11)13-3/h2-3H,1H3,(H,7,11)(H,8,9)/t2-,3-/m0/s1. The van der Waals surface area contributed by atoms with Gasteiger partial charge in [0.15, 0.2) is 6.04 Å². The summed E-state index contributed by atoms with van der Waals surface area (Å²) in [5, 5.41) is 10.5. The minimum Gasteiger partial charge on any atom is -0.480 e. The number of carboxylic acid groups (broad SMARTS) is 1. The molecule has 1 rings (SSSR count). The van der Waals surface area contributed by atoms with Crippen molar-refractivity contribution in [1.82, 2.24) is 5.32 Å². The topological polar surface area (TPSA) is 102 Å². The zero-order valence-electron chi connectivity index (χ0n) is 6.64. The number of alkyl carbamates (subject to hydrolysis) is 1. The van der Waals surface area contributed by atoms with E-state index in [0.717, 1.165) is 7.11 Å². The number of rotatable bonds is 2. The molecule has 1 saturated heterocycles. The predicted octanol–water partition coefficient (Wildman–Crippen LogP) is -1.28. The second-order valence-corrected chi connectivity index (χ2v) is 2.31. The molecule has 0 radical (unpaired) electrons. The van der Waals surface area contributed by atoms with Crippen LogP contribution in [-0.4, -0.2) is 42.4 Å². The Bertz CT molecular complexity index is 262. The fraction of sp³-hybridized carbons (Fsp3) is 0.500. The van der Waals surface area contributed by atoms with Gasteiger partial charge in [-0.1, -0.05) is 0 Å². The average molecular weight is 189 g/mol. The van der Waals surface area contributed by atoms with E-state index in [9.17, 15) is 14.4 Å². The van der Waals surface area contributed by atoms with Gasteiger partial charge in [-0.3, -0.25) is 0 Å². The van der Waals surface area contributed by atoms with Crippen molar-refractivity contribution in [3.05, 3.63) is 0 Å². The highest BCUT2D eigenvalue weighted by atomic mass is 16.6. The maximum atomic E-state index is 10.9. The van der Waals surface area contributed by atoms with E-state index in [1.807, 2.05) is 5.32 Å². The first-order valence-electron chi connectivity index (χ1n) is 3.34. The molecular weight excluding hydrogens is 182 g/mol. The summed E-state index contributed by atoms with van der Waals surface area (Å²) >= 11 is 0. The zero-order chi connectivity index (χ0) is 10.0. The zero-order valence-corrected chi connectivity index (χ0v) is 6.64. The molecular formula is C6H7NO6. The Kier molecular flexibility index (Phi) is 2.36. The molecule has 0 aromatic rings. The van der Waals surface area contributed by atoms with Crippen LogP contribution in [0.25, 0.3) is 0 Å². The van der Waals surface area contributed by atoms with Crippen LogP contribution in [0.1, 0.15) is 0 Å². The highest BCUT2D eigenvalue weighted by Gasteiger charge is 2.44. The summed E-state index contributed by atoms with van der Waals surface area (Å²) in [7, 11) is 1.08. The first kappa shape index (κ1) is 9.30. The van der Waals surface area contributed by atoms with E-state index in [-0.39, 0.29) is 0 Å². The first-order chi connectivity index (χ1) is 6.06. The van der Waals surface area contributed by atoms with E-state index in [2.05, 4.69) is 9.47 Å². The van der Waals surface area contributed by atoms with Crippen LogP contribution in [0, 0.1) is 0 Å². The van der Waals surface area contributed by atoms with Gasteiger partial charge in [-0.05, 0) is 0 Å². The van der Waals surface area contributed by atoms with E-state index in [1.165, 1.54) is 0 Å². The molecule has 1 heterocycles. The first-order valence-corrected chi connectivity index (χ1v) is 3.34. The fourth-order valence-electron chi connectivity index (χ4n) is 0.912. The van der Waals surface area contributed by atoms with Crippen LogP contribution in [0.5, 0.6) is 0 Å². The summed E-state index contributed by atoms with van der Waals surface area (Å²) in [6.07, 6.45) is -2.35. The Morgan fingerprint density at radius 3 is 2.69 bits per heavy atom. The molecule has 0 saturated carbocycles. The van der Waals surface area contributed by atoms with E-state index in [0.29, 0.717) is 0 Å². The maximum Gasteiger partial charge on any atom is 0.408 e. The molecule has 0 unspecified atom stereocenters. The van der Waals surface area contributed by atoms with Gasteiger partial charge in [0.25, 0.3) is 0 Å². The van der Waals surface area contributed by atoms with Crippen LogP contribution in [0.15, 0.2) is 0 Å². The molecule has 7 nitrogen and oxygen atoms in total. The van der Waals surface area contributed by atoms with Crippen LogP contribution in [0.3, 0.4) is 0 Å². The van der Waals surface area contributed by atoms with Gasteiger partial charge < -0.3 is 19.9 Å². The van der Waals surface area contributed by atoms with Crippen molar-refractivity contribution in [1.29, 1.82) is 0 Å². The average Bonchev–Trinajstić information content (AvgIpc) is 2.46. The minimum absolute atomic E-state index is 0.897. The number of carboxylic acids is 1. The van der Waals surface area contributed by atoms with Crippen LogP contribution in [-0.2, 0) is 19.1 Å². The molecule has 72 valence electrons. The smallest absolute Gasteiger partial charge is 0.408 e. The Labute approximate surface area is 72.6 Å². The molecule has 13 heavy (non-hydrogen) atoms. The second-order valence-electron chi connectivity index (χ2n) is 2.31. The number of hydrogen-bond acceptors (Lipinski definition) is 5. The van der Waals surface area contributed by atoms with Gasteiger partial charge in [-0.25, -0.2) is 14.4 Å². The van der Waals surface area contributed by atoms with Crippen molar-refractivity contribution in [2.75, 3.05) is 7.11 Å². The Morgan fingerprint density at radius 1 is 1.62 bits per heavy atom. The summed E-state index contributed by atoms with van der Waals surface area (Å²) in [6.45, 7) is 0. The number of ether oxygens (including phenoxy) is 2. The number of nitrogens with one attached hydrogen (secondary N) is 1. The van der Waals surface area contributed by atoms with Crippen molar-refractivity contribution in [3.63, 3.8) is 0 Å². The largest absolute Gasteiger partial charge is 0.480 e. The van der Waals surface area contributed by atoms with Crippen molar-refractivity contribution in [3.8, 4) is 0 Å². The van der Waals surface area contributed by atoms with E-state index in [1.54, 1.807) is 0 Å². The van der Waals surface area contributed by atoms with Crippen LogP contribution >= 0.6 is 0 Å². The number of aliphatic carboxylic acids is 1. The van der Waals surface area contributed by atoms with E-state index < -0.39 is 30.2 Å². The number of carbonyl (C=O) groups excluding carboxylic acids is 2. The lowest BCUT2D eigenvalue weighted by molar-refractivity contribution is -0.155. The molecule has 1 aliphatic rings. The maximum absolute atomic E-state index is 10.9. The SMILES string of the molecule is COC(=O)[C@H]1OC(=O)N[C@@H]1C(=O)O. The summed E-state index contributed by atoms with van der Waals surface area (Å²) in [5.74, 6) is -2.24. The Hall–Kier alpha value is -1.79. The molecule has 0 aromatic heterocycles. The van der Waals surface area contributed by atoms with Crippen LogP contribution in [0.2, 0.25) is 0 Å². The molecule has 1 fully saturated rings. The molecule has 0 spiro atoms. The number of esters is 1. The summed E-state index contributed by atoms with van der Waals surface area (Å²) in [4.78, 5) is 31.9. The van der Waals surface area contributed by atoms with Gasteiger partial charge in [0.2, 0.25) is 6.10 Å². The van der Waals surface area contributed by atoms with E-state index >= 15 is 0 Å². The van der Waals surface area contributed by atoms with Crippen molar-refractivity contribution >= 4 is 18.0 Å². The fourth-order valence-corrected chi connectivity index (χ4v) is 0.912. The lowest BCUT2D eigenvalue weighted by atomic mass is 10.2. The van der Waals surface area contributed by atoms with Crippen LogP contribution in [0.4, 0.5) is 4.79 Å². The Balaban J connectivity index is 2.77.